The number of carbonyl (C=O) groups is 3. The van der Waals surface area contributed by atoms with Crippen molar-refractivity contribution in [2.45, 2.75) is 52.9 Å². The maximum absolute atomic E-state index is 11.9. The molecule has 25 heavy (non-hydrogen) atoms. The Labute approximate surface area is 148 Å². The highest BCUT2D eigenvalue weighted by atomic mass is 16.5. The maximum Gasteiger partial charge on any atom is 0.338 e. The van der Waals surface area contributed by atoms with E-state index in [1.165, 1.54) is 0 Å². The van der Waals surface area contributed by atoms with E-state index < -0.39 is 24.5 Å². The van der Waals surface area contributed by atoms with Gasteiger partial charge in [-0.25, -0.2) is 9.59 Å². The summed E-state index contributed by atoms with van der Waals surface area (Å²) in [7, 11) is 0. The van der Waals surface area contributed by atoms with Gasteiger partial charge in [-0.05, 0) is 44.9 Å². The molecule has 0 aromatic heterocycles. The number of hydrogen-bond donors (Lipinski definition) is 2. The monoisotopic (exact) mass is 350 g/mol. The number of amides is 3. The molecule has 3 amide bonds. The van der Waals surface area contributed by atoms with Crippen molar-refractivity contribution in [1.29, 1.82) is 0 Å². The van der Waals surface area contributed by atoms with Crippen LogP contribution in [0.15, 0.2) is 24.3 Å². The summed E-state index contributed by atoms with van der Waals surface area (Å²) in [6.45, 7) is 7.56. The number of esters is 1. The van der Waals surface area contributed by atoms with Crippen molar-refractivity contribution in [2.75, 3.05) is 6.61 Å². The normalized spacial score (nSPS) is 11.7. The zero-order valence-electron chi connectivity index (χ0n) is 15.1. The zero-order valence-corrected chi connectivity index (χ0v) is 15.1. The highest BCUT2D eigenvalue weighted by molar-refractivity contribution is 5.97. The summed E-state index contributed by atoms with van der Waals surface area (Å²) in [5.41, 5.74) is 1.26. The van der Waals surface area contributed by atoms with Crippen molar-refractivity contribution in [3.63, 3.8) is 0 Å². The van der Waals surface area contributed by atoms with E-state index >= 15 is 0 Å². The Kier molecular flexibility index (Phi) is 8.63. The molecule has 0 unspecified atom stereocenters. The van der Waals surface area contributed by atoms with Crippen molar-refractivity contribution >= 4 is 17.9 Å². The van der Waals surface area contributed by atoms with E-state index in [4.69, 9.17) is 9.47 Å². The second-order valence-electron chi connectivity index (χ2n) is 5.96. The fourth-order valence-corrected chi connectivity index (χ4v) is 1.74. The molecule has 1 aromatic rings. The summed E-state index contributed by atoms with van der Waals surface area (Å²) in [6, 6.07) is 6.08. The Morgan fingerprint density at radius 3 is 2.28 bits per heavy atom. The molecule has 0 bridgehead atoms. The van der Waals surface area contributed by atoms with Crippen LogP contribution in [0, 0.1) is 0 Å². The predicted octanol–water partition coefficient (Wildman–Crippen LogP) is 2.39. The van der Waals surface area contributed by atoms with Crippen LogP contribution in [0.25, 0.3) is 0 Å². The molecule has 2 N–H and O–H groups in total. The standard InChI is InChI=1S/C18H26N2O5/c1-5-13(4)19-18(23)20-16(21)11-25-17(22)15-8-6-14(7-9-15)10-24-12(2)3/h6-9,12-13H,5,10-11H2,1-4H3,(H2,19,20,21,23)/t13-/m0/s1. The number of ether oxygens (including phenoxy) is 2. The number of benzene rings is 1. The molecule has 7 nitrogen and oxygen atoms in total. The van der Waals surface area contributed by atoms with E-state index in [0.29, 0.717) is 12.2 Å². The molecule has 0 radical (unpaired) electrons. The molecule has 0 aliphatic heterocycles. The second-order valence-corrected chi connectivity index (χ2v) is 5.96. The van der Waals surface area contributed by atoms with Gasteiger partial charge in [-0.3, -0.25) is 10.1 Å². The van der Waals surface area contributed by atoms with Gasteiger partial charge in [-0.15, -0.1) is 0 Å². The zero-order chi connectivity index (χ0) is 18.8. The lowest BCUT2D eigenvalue weighted by Crippen LogP contribution is -2.44. The van der Waals surface area contributed by atoms with E-state index in [1.807, 2.05) is 27.7 Å². The van der Waals surface area contributed by atoms with Crippen LogP contribution in [-0.4, -0.2) is 36.7 Å². The van der Waals surface area contributed by atoms with Crippen molar-refractivity contribution < 1.29 is 23.9 Å². The van der Waals surface area contributed by atoms with Crippen LogP contribution in [0.2, 0.25) is 0 Å². The highest BCUT2D eigenvalue weighted by Crippen LogP contribution is 2.08. The molecule has 0 fully saturated rings. The van der Waals surface area contributed by atoms with Gasteiger partial charge in [0.15, 0.2) is 6.61 Å². The second kappa shape index (κ2) is 10.5. The third-order valence-corrected chi connectivity index (χ3v) is 3.35. The number of carbonyl (C=O) groups excluding carboxylic acids is 3. The van der Waals surface area contributed by atoms with Gasteiger partial charge in [-0.1, -0.05) is 19.1 Å². The first-order valence-electron chi connectivity index (χ1n) is 8.29. The van der Waals surface area contributed by atoms with Crippen molar-refractivity contribution in [3.05, 3.63) is 35.4 Å². The van der Waals surface area contributed by atoms with Gasteiger partial charge in [0.1, 0.15) is 0 Å². The van der Waals surface area contributed by atoms with E-state index in [1.54, 1.807) is 24.3 Å². The molecular formula is C18H26N2O5. The van der Waals surface area contributed by atoms with E-state index in [9.17, 15) is 14.4 Å². The Hall–Kier alpha value is -2.41. The molecule has 7 heteroatoms. The van der Waals surface area contributed by atoms with Gasteiger partial charge >= 0.3 is 12.0 Å². The first kappa shape index (κ1) is 20.6. The molecule has 1 aromatic carbocycles. The lowest BCUT2D eigenvalue weighted by molar-refractivity contribution is -0.123. The molecule has 138 valence electrons. The highest BCUT2D eigenvalue weighted by Gasteiger charge is 2.13. The Morgan fingerprint density at radius 2 is 1.72 bits per heavy atom. The van der Waals surface area contributed by atoms with Crippen LogP contribution < -0.4 is 10.6 Å². The molecule has 1 atom stereocenters. The minimum Gasteiger partial charge on any atom is -0.452 e. The van der Waals surface area contributed by atoms with Gasteiger partial charge in [0, 0.05) is 6.04 Å². The van der Waals surface area contributed by atoms with E-state index in [2.05, 4.69) is 10.6 Å². The number of imide groups is 1. The Bertz CT molecular complexity index is 584. The van der Waals surface area contributed by atoms with Gasteiger partial charge in [0.25, 0.3) is 5.91 Å². The van der Waals surface area contributed by atoms with Crippen molar-refractivity contribution in [3.8, 4) is 0 Å². The molecular weight excluding hydrogens is 324 g/mol. The summed E-state index contributed by atoms with van der Waals surface area (Å²) in [6.07, 6.45) is 0.870. The van der Waals surface area contributed by atoms with Crippen LogP contribution in [-0.2, 0) is 20.9 Å². The molecule has 0 heterocycles. The summed E-state index contributed by atoms with van der Waals surface area (Å²) < 4.78 is 10.4. The van der Waals surface area contributed by atoms with Crippen molar-refractivity contribution in [2.24, 2.45) is 0 Å². The third-order valence-electron chi connectivity index (χ3n) is 3.35. The van der Waals surface area contributed by atoms with Gasteiger partial charge in [-0.2, -0.15) is 0 Å². The van der Waals surface area contributed by atoms with Gasteiger partial charge in [0.05, 0.1) is 18.3 Å². The lowest BCUT2D eigenvalue weighted by atomic mass is 10.1. The number of urea groups is 1. The van der Waals surface area contributed by atoms with Gasteiger partial charge in [0.2, 0.25) is 0 Å². The third kappa shape index (κ3) is 8.30. The van der Waals surface area contributed by atoms with E-state index in [0.717, 1.165) is 12.0 Å². The minimum atomic E-state index is -0.684. The van der Waals surface area contributed by atoms with Crippen LogP contribution >= 0.6 is 0 Å². The van der Waals surface area contributed by atoms with Crippen LogP contribution in [0.5, 0.6) is 0 Å². The SMILES string of the molecule is CC[C@H](C)NC(=O)NC(=O)COC(=O)c1ccc(COC(C)C)cc1. The predicted molar refractivity (Wildman–Crippen MR) is 93.1 cm³/mol. The summed E-state index contributed by atoms with van der Waals surface area (Å²) in [5, 5.41) is 4.69. The summed E-state index contributed by atoms with van der Waals surface area (Å²) in [5.74, 6) is -1.31. The average molecular weight is 350 g/mol. The lowest BCUT2D eigenvalue weighted by Gasteiger charge is -2.12. The van der Waals surface area contributed by atoms with E-state index in [-0.39, 0.29) is 12.1 Å². The Morgan fingerprint density at radius 1 is 1.08 bits per heavy atom. The summed E-state index contributed by atoms with van der Waals surface area (Å²) in [4.78, 5) is 35.0. The number of rotatable bonds is 8. The average Bonchev–Trinajstić information content (AvgIpc) is 2.57. The number of nitrogens with one attached hydrogen (secondary N) is 2. The molecule has 0 saturated carbocycles. The van der Waals surface area contributed by atoms with Gasteiger partial charge < -0.3 is 14.8 Å². The summed E-state index contributed by atoms with van der Waals surface area (Å²) >= 11 is 0. The first-order valence-corrected chi connectivity index (χ1v) is 8.29. The molecule has 0 aliphatic rings. The smallest absolute Gasteiger partial charge is 0.338 e. The first-order chi connectivity index (χ1) is 11.8. The fourth-order valence-electron chi connectivity index (χ4n) is 1.74. The van der Waals surface area contributed by atoms with Crippen LogP contribution in [0.3, 0.4) is 0 Å². The molecule has 1 rings (SSSR count). The molecule has 0 saturated heterocycles. The van der Waals surface area contributed by atoms with Crippen LogP contribution in [0.4, 0.5) is 4.79 Å². The largest absolute Gasteiger partial charge is 0.452 e. The minimum absolute atomic E-state index is 0.0476. The van der Waals surface area contributed by atoms with Crippen LogP contribution in [0.1, 0.15) is 50.0 Å². The quantitative estimate of drug-likeness (QED) is 0.702. The maximum atomic E-state index is 11.9. The molecule has 0 spiro atoms. The fraction of sp³-hybridized carbons (Fsp3) is 0.500. The Balaban J connectivity index is 2.40. The topological polar surface area (TPSA) is 93.7 Å². The molecule has 0 aliphatic carbocycles. The van der Waals surface area contributed by atoms with Crippen molar-refractivity contribution in [1.82, 2.24) is 10.6 Å². The number of hydrogen-bond acceptors (Lipinski definition) is 5.